The number of hydrogen-bond acceptors (Lipinski definition) is 4. The second kappa shape index (κ2) is 14.0. The van der Waals surface area contributed by atoms with E-state index in [1.54, 1.807) is 22.4 Å². The first-order valence-electron chi connectivity index (χ1n) is 22.1. The Bertz CT molecular complexity index is 2750. The number of anilines is 1. The molecule has 3 aromatic rings. The number of rotatable bonds is 5. The smallest absolute Gasteiger partial charge is 0.231 e. The van der Waals surface area contributed by atoms with Crippen molar-refractivity contribution < 1.29 is 0 Å². The maximum Gasteiger partial charge on any atom is 0.231 e. The van der Waals surface area contributed by atoms with E-state index >= 15 is 0 Å². The van der Waals surface area contributed by atoms with Gasteiger partial charge in [0.15, 0.2) is 0 Å². The zero-order valence-corrected chi connectivity index (χ0v) is 33.2. The Morgan fingerprint density at radius 2 is 1.64 bits per heavy atom. The topological polar surface area (TPSA) is 32.3 Å². The Balaban J connectivity index is 0.862. The average Bonchev–Trinajstić information content (AvgIpc) is 3.81. The lowest BCUT2D eigenvalue weighted by atomic mass is 9.75. The van der Waals surface area contributed by atoms with E-state index in [2.05, 4.69) is 149 Å². The molecule has 0 amide bonds. The summed E-state index contributed by atoms with van der Waals surface area (Å²) in [5, 5.41) is 4.93. The summed E-state index contributed by atoms with van der Waals surface area (Å²) in [5.74, 6) is 1.95. The first kappa shape index (κ1) is 34.3. The second-order valence-corrected chi connectivity index (χ2v) is 17.5. The van der Waals surface area contributed by atoms with Crippen LogP contribution in [0.3, 0.4) is 0 Å². The van der Waals surface area contributed by atoms with E-state index in [1.807, 2.05) is 0 Å². The van der Waals surface area contributed by atoms with Crippen molar-refractivity contribution in [2.45, 2.75) is 88.6 Å². The first-order valence-corrected chi connectivity index (χ1v) is 22.1. The second-order valence-electron chi connectivity index (χ2n) is 17.5. The first-order chi connectivity index (χ1) is 28.8. The van der Waals surface area contributed by atoms with Crippen molar-refractivity contribution in [3.8, 4) is 0 Å². The van der Waals surface area contributed by atoms with Crippen molar-refractivity contribution in [3.05, 3.63) is 189 Å². The van der Waals surface area contributed by atoms with Gasteiger partial charge in [0.1, 0.15) is 0 Å². The fraction of sp³-hybridized carbons (Fsp3) is 0.296. The molecule has 3 heterocycles. The third kappa shape index (κ3) is 5.55. The highest BCUT2D eigenvalue weighted by molar-refractivity contribution is 5.96. The predicted molar refractivity (Wildman–Crippen MR) is 239 cm³/mol. The van der Waals surface area contributed by atoms with Crippen LogP contribution in [0.4, 0.5) is 5.95 Å². The minimum atomic E-state index is 0.190. The van der Waals surface area contributed by atoms with Crippen LogP contribution in [0, 0.1) is 11.8 Å². The van der Waals surface area contributed by atoms with Gasteiger partial charge in [0.25, 0.3) is 0 Å². The summed E-state index contributed by atoms with van der Waals surface area (Å²) in [6, 6.07) is 16.0. The van der Waals surface area contributed by atoms with Crippen molar-refractivity contribution in [2.75, 3.05) is 4.90 Å². The third-order valence-corrected chi connectivity index (χ3v) is 14.3. The zero-order valence-electron chi connectivity index (χ0n) is 33.2. The Kier molecular flexibility index (Phi) is 8.27. The van der Waals surface area contributed by atoms with Gasteiger partial charge in [-0.2, -0.15) is 0 Å². The summed E-state index contributed by atoms with van der Waals surface area (Å²) >= 11 is 0. The molecule has 58 heavy (non-hydrogen) atoms. The molecule has 0 N–H and O–H groups in total. The molecule has 2 aromatic carbocycles. The monoisotopic (exact) mass is 754 g/mol. The molecule has 2 aliphatic heterocycles. The zero-order chi connectivity index (χ0) is 38.2. The maximum atomic E-state index is 5.58. The lowest BCUT2D eigenvalue weighted by Gasteiger charge is -2.34. The lowest BCUT2D eigenvalue weighted by molar-refractivity contribution is 0.357. The molecular formula is C54H50N4. The lowest BCUT2D eigenvalue weighted by Crippen LogP contribution is -2.41. The largest absolute Gasteiger partial charge is 0.337 e. The predicted octanol–water partition coefficient (Wildman–Crippen LogP) is 10.9. The molecule has 4 nitrogen and oxygen atoms in total. The molecule has 0 fully saturated rings. The highest BCUT2D eigenvalue weighted by atomic mass is 15.3. The molecular weight excluding hydrogens is 705 g/mol. The van der Waals surface area contributed by atoms with Gasteiger partial charge in [-0.05, 0) is 133 Å². The molecule has 0 bridgehead atoms. The van der Waals surface area contributed by atoms with Gasteiger partial charge in [0.05, 0.1) is 23.1 Å². The van der Waals surface area contributed by atoms with Gasteiger partial charge in [-0.25, -0.2) is 9.97 Å². The van der Waals surface area contributed by atoms with Crippen LogP contribution in [0.15, 0.2) is 167 Å². The molecule has 9 aliphatic rings. The number of fused-ring (bicyclic) bond motifs is 6. The van der Waals surface area contributed by atoms with Crippen molar-refractivity contribution >= 4 is 34.4 Å². The van der Waals surface area contributed by atoms with Crippen LogP contribution in [-0.2, 0) is 0 Å². The van der Waals surface area contributed by atoms with Gasteiger partial charge in [0.2, 0.25) is 5.95 Å². The van der Waals surface area contributed by atoms with E-state index in [9.17, 15) is 0 Å². The van der Waals surface area contributed by atoms with Crippen molar-refractivity contribution in [3.63, 3.8) is 0 Å². The number of aromatic nitrogens is 2. The molecule has 0 saturated carbocycles. The van der Waals surface area contributed by atoms with Crippen molar-refractivity contribution in [1.29, 1.82) is 0 Å². The summed E-state index contributed by atoms with van der Waals surface area (Å²) < 4.78 is 0. The van der Waals surface area contributed by atoms with Crippen molar-refractivity contribution in [1.82, 2.24) is 14.9 Å². The number of benzene rings is 2. The van der Waals surface area contributed by atoms with Gasteiger partial charge in [0, 0.05) is 34.1 Å². The Labute approximate surface area is 342 Å². The highest BCUT2D eigenvalue weighted by Gasteiger charge is 2.44. The van der Waals surface area contributed by atoms with Crippen LogP contribution in [0.5, 0.6) is 0 Å². The van der Waals surface area contributed by atoms with E-state index in [0.717, 1.165) is 75.5 Å². The van der Waals surface area contributed by atoms with E-state index < -0.39 is 0 Å². The average molecular weight is 755 g/mol. The van der Waals surface area contributed by atoms with Crippen LogP contribution in [0.25, 0.3) is 28.5 Å². The van der Waals surface area contributed by atoms with E-state index in [-0.39, 0.29) is 12.0 Å². The van der Waals surface area contributed by atoms with Crippen LogP contribution in [-0.4, -0.2) is 27.0 Å². The van der Waals surface area contributed by atoms with Crippen molar-refractivity contribution in [2.24, 2.45) is 11.8 Å². The van der Waals surface area contributed by atoms with E-state index in [1.165, 1.54) is 56.2 Å². The molecule has 4 heteroatoms. The Hall–Kier alpha value is -5.74. The number of allylic oxidation sites excluding steroid dienone is 14. The fourth-order valence-corrected chi connectivity index (χ4v) is 11.6. The molecule has 5 unspecified atom stereocenters. The summed E-state index contributed by atoms with van der Waals surface area (Å²) in [4.78, 5) is 16.2. The minimum absolute atomic E-state index is 0.190. The minimum Gasteiger partial charge on any atom is -0.337 e. The van der Waals surface area contributed by atoms with Crippen LogP contribution >= 0.6 is 0 Å². The quantitative estimate of drug-likeness (QED) is 0.260. The van der Waals surface area contributed by atoms with Gasteiger partial charge >= 0.3 is 0 Å². The van der Waals surface area contributed by atoms with Crippen LogP contribution in [0.1, 0.15) is 87.8 Å². The van der Waals surface area contributed by atoms with E-state index in [4.69, 9.17) is 9.97 Å². The normalized spacial score (nSPS) is 27.9. The highest BCUT2D eigenvalue weighted by Crippen LogP contribution is 2.51. The molecule has 0 saturated heterocycles. The van der Waals surface area contributed by atoms with Gasteiger partial charge < -0.3 is 9.80 Å². The molecule has 7 aliphatic carbocycles. The Morgan fingerprint density at radius 3 is 2.57 bits per heavy atom. The maximum absolute atomic E-state index is 5.58. The molecule has 0 radical (unpaired) electrons. The van der Waals surface area contributed by atoms with Gasteiger partial charge in [-0.3, -0.25) is 0 Å². The molecule has 12 rings (SSSR count). The molecule has 0 spiro atoms. The number of hydrogen-bond donors (Lipinski definition) is 0. The summed E-state index contributed by atoms with van der Waals surface area (Å²) in [7, 11) is 0. The van der Waals surface area contributed by atoms with E-state index in [0.29, 0.717) is 17.9 Å². The summed E-state index contributed by atoms with van der Waals surface area (Å²) in [6.07, 6.45) is 50.7. The molecule has 286 valence electrons. The standard InChI is InChI=1S/C54H50N4/c1-2-15-40(16-3-1)57-49-23-10-7-18-43(49)46-33-38(29-31-51(46)57)39-30-32-52-47(34-39)44-19-8-11-24-50(44)58(52)54-55-48-22-9-6-20-45(48)53(56-54)37-27-25-36(26-28-37)42-21-12-14-35-13-4-5-17-41(35)42/h2,4-5,7,10-18,20-22,24-27,30,32,34,37-38,47,49,52H,1,3,6,8-9,19,23,28-29,31,33H2. The summed E-state index contributed by atoms with van der Waals surface area (Å²) in [5.41, 5.74) is 14.4. The third-order valence-electron chi connectivity index (χ3n) is 14.3. The van der Waals surface area contributed by atoms with Crippen LogP contribution < -0.4 is 15.5 Å². The van der Waals surface area contributed by atoms with Gasteiger partial charge in [-0.1, -0.05) is 128 Å². The fourth-order valence-electron chi connectivity index (χ4n) is 11.6. The molecule has 5 atom stereocenters. The summed E-state index contributed by atoms with van der Waals surface area (Å²) in [6.45, 7) is 0. The molecule has 1 aromatic heterocycles. The van der Waals surface area contributed by atoms with Gasteiger partial charge in [-0.15, -0.1) is 0 Å². The van der Waals surface area contributed by atoms with Crippen LogP contribution in [0.2, 0.25) is 0 Å². The Morgan fingerprint density at radius 1 is 0.724 bits per heavy atom. The SMILES string of the molecule is C1=CCC2C(=C1)C1=C(CCC(C3=CC4C5=C(C=CCC5)N(c5nc(C6C=CC(c7cccc8ccccc78)=CC6)c6c(n5)=CCCC=6)C4C=C3)C1)N2C1=CCCC=C1. The number of nitrogens with zero attached hydrogens (tertiary/aromatic N) is 4.